The summed E-state index contributed by atoms with van der Waals surface area (Å²) in [6.07, 6.45) is 7.51. The molecule has 1 aromatic carbocycles. The molecule has 0 aliphatic carbocycles. The van der Waals surface area contributed by atoms with Gasteiger partial charge in [-0.05, 0) is 18.6 Å². The van der Waals surface area contributed by atoms with E-state index >= 15 is 0 Å². The van der Waals surface area contributed by atoms with Crippen molar-refractivity contribution in [2.24, 2.45) is 11.8 Å². The van der Waals surface area contributed by atoms with Gasteiger partial charge in [0.2, 0.25) is 5.91 Å². The van der Waals surface area contributed by atoms with Gasteiger partial charge in [-0.3, -0.25) is 14.4 Å². The number of benzene rings is 1. The summed E-state index contributed by atoms with van der Waals surface area (Å²) in [6, 6.07) is 4.58. The van der Waals surface area contributed by atoms with Crippen LogP contribution in [0.2, 0.25) is 5.02 Å². The molecule has 168 valence electrons. The van der Waals surface area contributed by atoms with Gasteiger partial charge >= 0.3 is 5.97 Å². The molecule has 9 heteroatoms. The lowest BCUT2D eigenvalue weighted by Gasteiger charge is -2.35. The number of hydrogen-bond donors (Lipinski definition) is 1. The van der Waals surface area contributed by atoms with Crippen LogP contribution in [0.4, 0.5) is 5.69 Å². The average Bonchev–Trinajstić information content (AvgIpc) is 3.04. The first-order valence-corrected chi connectivity index (χ1v) is 11.8. The number of para-hydroxylation sites is 1. The van der Waals surface area contributed by atoms with E-state index < -0.39 is 28.6 Å². The SMILES string of the molecule is Cc1cccc(Cl)c1N1CC=C[C@]23S[C@H]4C=CCOC(=O)[C@H]4[C@H]2C(=O)N(CCO)C3C1=O. The molecule has 0 saturated carbocycles. The topological polar surface area (TPSA) is 87.2 Å². The zero-order valence-corrected chi connectivity index (χ0v) is 19.0. The minimum absolute atomic E-state index is 0.0134. The highest BCUT2D eigenvalue weighted by Gasteiger charge is 2.71. The van der Waals surface area contributed by atoms with Crippen LogP contribution in [0, 0.1) is 18.8 Å². The number of aliphatic hydroxyl groups is 1. The van der Waals surface area contributed by atoms with E-state index in [1.807, 2.05) is 37.3 Å². The van der Waals surface area contributed by atoms with Crippen LogP contribution >= 0.6 is 23.4 Å². The lowest BCUT2D eigenvalue weighted by Crippen LogP contribution is -2.54. The molecular weight excluding hydrogens is 452 g/mol. The van der Waals surface area contributed by atoms with Crippen molar-refractivity contribution in [1.82, 2.24) is 4.90 Å². The second-order valence-corrected chi connectivity index (χ2v) is 10.3. The van der Waals surface area contributed by atoms with Crippen molar-refractivity contribution in [3.8, 4) is 0 Å². The van der Waals surface area contributed by atoms with Crippen LogP contribution in [0.25, 0.3) is 0 Å². The largest absolute Gasteiger partial charge is 0.461 e. The number of aliphatic hydroxyl groups excluding tert-OH is 1. The highest BCUT2D eigenvalue weighted by molar-refractivity contribution is 8.02. The van der Waals surface area contributed by atoms with Gasteiger partial charge in [-0.25, -0.2) is 0 Å². The number of thioether (sulfide) groups is 1. The number of anilines is 1. The molecule has 4 aliphatic rings. The normalized spacial score (nSPS) is 33.5. The lowest BCUT2D eigenvalue weighted by molar-refractivity contribution is -0.151. The maximum atomic E-state index is 14.1. The fourth-order valence-electron chi connectivity index (χ4n) is 5.48. The van der Waals surface area contributed by atoms with Gasteiger partial charge in [0, 0.05) is 18.3 Å². The van der Waals surface area contributed by atoms with Gasteiger partial charge in [-0.1, -0.05) is 48.0 Å². The van der Waals surface area contributed by atoms with Gasteiger partial charge in [0.15, 0.2) is 0 Å². The zero-order chi connectivity index (χ0) is 22.6. The van der Waals surface area contributed by atoms with Crippen molar-refractivity contribution >= 4 is 46.8 Å². The van der Waals surface area contributed by atoms with E-state index in [1.54, 1.807) is 17.0 Å². The highest BCUT2D eigenvalue weighted by Crippen LogP contribution is 2.61. The van der Waals surface area contributed by atoms with Gasteiger partial charge < -0.3 is 19.6 Å². The Bertz CT molecular complexity index is 1040. The van der Waals surface area contributed by atoms with E-state index in [9.17, 15) is 19.5 Å². The third kappa shape index (κ3) is 2.96. The number of nitrogens with zero attached hydrogens (tertiary/aromatic N) is 2. The first-order chi connectivity index (χ1) is 15.4. The Morgan fingerprint density at radius 3 is 2.81 bits per heavy atom. The number of ether oxygens (including phenoxy) is 1. The maximum Gasteiger partial charge on any atom is 0.311 e. The van der Waals surface area contributed by atoms with Gasteiger partial charge in [-0.2, -0.15) is 0 Å². The molecule has 1 N–H and O–H groups in total. The summed E-state index contributed by atoms with van der Waals surface area (Å²) < 4.78 is 4.40. The fraction of sp³-hybridized carbons (Fsp3) is 0.435. The van der Waals surface area contributed by atoms with E-state index in [1.165, 1.54) is 16.7 Å². The number of amides is 2. The molecule has 1 unspecified atom stereocenters. The van der Waals surface area contributed by atoms with Crippen LogP contribution in [0.1, 0.15) is 5.56 Å². The van der Waals surface area contributed by atoms with Gasteiger partial charge in [-0.15, -0.1) is 11.8 Å². The number of esters is 1. The summed E-state index contributed by atoms with van der Waals surface area (Å²) in [4.78, 5) is 43.6. The van der Waals surface area contributed by atoms with Crippen LogP contribution in [-0.2, 0) is 19.1 Å². The molecule has 5 rings (SSSR count). The minimum atomic E-state index is -0.927. The summed E-state index contributed by atoms with van der Waals surface area (Å²) in [5.41, 5.74) is 1.46. The number of likely N-dealkylation sites (tertiary alicyclic amines) is 1. The maximum absolute atomic E-state index is 14.1. The molecule has 1 spiro atoms. The van der Waals surface area contributed by atoms with Gasteiger partial charge in [0.1, 0.15) is 12.6 Å². The summed E-state index contributed by atoms with van der Waals surface area (Å²) in [7, 11) is 0. The third-order valence-corrected chi connectivity index (χ3v) is 8.76. The number of rotatable bonds is 3. The second kappa shape index (κ2) is 7.93. The van der Waals surface area contributed by atoms with Crippen molar-refractivity contribution in [2.45, 2.75) is 23.0 Å². The van der Waals surface area contributed by atoms with Crippen LogP contribution in [0.15, 0.2) is 42.5 Å². The predicted molar refractivity (Wildman–Crippen MR) is 121 cm³/mol. The highest BCUT2D eigenvalue weighted by atomic mass is 35.5. The van der Waals surface area contributed by atoms with Crippen LogP contribution in [-0.4, -0.2) is 70.1 Å². The number of cyclic esters (lactones) is 1. The Hall–Kier alpha value is -2.29. The van der Waals surface area contributed by atoms with Crippen molar-refractivity contribution in [2.75, 3.05) is 31.2 Å². The molecule has 5 atom stereocenters. The molecule has 2 fully saturated rings. The Morgan fingerprint density at radius 2 is 2.06 bits per heavy atom. The van der Waals surface area contributed by atoms with Crippen LogP contribution < -0.4 is 4.90 Å². The summed E-state index contributed by atoms with van der Waals surface area (Å²) in [5, 5.41) is 9.88. The van der Waals surface area contributed by atoms with E-state index in [4.69, 9.17) is 16.3 Å². The number of fused-ring (bicyclic) bond motifs is 2. The smallest absolute Gasteiger partial charge is 0.311 e. The summed E-state index contributed by atoms with van der Waals surface area (Å²) in [5.74, 6) is -2.40. The molecule has 2 saturated heterocycles. The first kappa shape index (κ1) is 21.6. The monoisotopic (exact) mass is 474 g/mol. The van der Waals surface area contributed by atoms with Crippen molar-refractivity contribution in [1.29, 1.82) is 0 Å². The van der Waals surface area contributed by atoms with Gasteiger partial charge in [0.05, 0.1) is 33.9 Å². The predicted octanol–water partition coefficient (Wildman–Crippen LogP) is 1.95. The Labute approximate surface area is 195 Å². The zero-order valence-electron chi connectivity index (χ0n) is 17.4. The molecular formula is C23H23ClN2O5S. The first-order valence-electron chi connectivity index (χ1n) is 10.6. The van der Waals surface area contributed by atoms with Crippen LogP contribution in [0.5, 0.6) is 0 Å². The number of hydrogen-bond acceptors (Lipinski definition) is 6. The van der Waals surface area contributed by atoms with Gasteiger partial charge in [0.25, 0.3) is 5.91 Å². The molecule has 0 radical (unpaired) electrons. The van der Waals surface area contributed by atoms with E-state index in [2.05, 4.69) is 0 Å². The quantitative estimate of drug-likeness (QED) is 0.532. The van der Waals surface area contributed by atoms with E-state index in [0.717, 1.165) is 5.56 Å². The molecule has 0 aromatic heterocycles. The van der Waals surface area contributed by atoms with Crippen molar-refractivity contribution in [3.05, 3.63) is 53.1 Å². The molecule has 2 amide bonds. The Balaban J connectivity index is 1.65. The molecule has 7 nitrogen and oxygen atoms in total. The second-order valence-electron chi connectivity index (χ2n) is 8.41. The average molecular weight is 475 g/mol. The molecule has 32 heavy (non-hydrogen) atoms. The number of carbonyl (C=O) groups is 3. The molecule has 1 aromatic rings. The lowest BCUT2D eigenvalue weighted by atomic mass is 9.78. The number of halogens is 1. The summed E-state index contributed by atoms with van der Waals surface area (Å²) >= 11 is 7.95. The third-order valence-electron chi connectivity index (χ3n) is 6.71. The molecule has 4 heterocycles. The number of carbonyl (C=O) groups excluding carboxylic acids is 3. The van der Waals surface area contributed by atoms with Crippen molar-refractivity contribution in [3.63, 3.8) is 0 Å². The van der Waals surface area contributed by atoms with E-state index in [-0.39, 0.29) is 36.8 Å². The minimum Gasteiger partial charge on any atom is -0.461 e. The van der Waals surface area contributed by atoms with Crippen LogP contribution in [0.3, 0.4) is 0 Å². The Morgan fingerprint density at radius 1 is 1.25 bits per heavy atom. The number of aryl methyl sites for hydroxylation is 1. The summed E-state index contributed by atoms with van der Waals surface area (Å²) in [6.45, 7) is 2.09. The standard InChI is InChI=1S/C23H23ClN2O5S/c1-13-5-2-6-14(24)18(13)25-9-4-8-23-17(16-15(32-23)7-3-12-31-22(16)30)20(28)26(10-11-27)19(23)21(25)29/h2-8,15-17,19,27H,9-12H2,1H3/t15-,16+,17-,19?,23-/m0/s1. The molecule has 0 bridgehead atoms. The fourth-order valence-corrected chi connectivity index (χ4v) is 7.81. The van der Waals surface area contributed by atoms with E-state index in [0.29, 0.717) is 17.3 Å². The number of β-amino-alcohol motifs (C(OH)–C–C–N with tert-alkyl or cyclic N) is 1. The van der Waals surface area contributed by atoms with Crippen molar-refractivity contribution < 1.29 is 24.2 Å². The molecule has 4 aliphatic heterocycles. The Kier molecular flexibility index (Phi) is 5.34.